The van der Waals surface area contributed by atoms with Crippen LogP contribution in [-0.2, 0) is 14.8 Å². The van der Waals surface area contributed by atoms with Crippen molar-refractivity contribution in [2.24, 2.45) is 0 Å². The summed E-state index contributed by atoms with van der Waals surface area (Å²) < 4.78 is 26.3. The van der Waals surface area contributed by atoms with Gasteiger partial charge < -0.3 is 10.6 Å². The van der Waals surface area contributed by atoms with Crippen molar-refractivity contribution >= 4 is 38.9 Å². The summed E-state index contributed by atoms with van der Waals surface area (Å²) in [6.45, 7) is 6.39. The zero-order valence-corrected chi connectivity index (χ0v) is 17.2. The zero-order chi connectivity index (χ0) is 20.0. The summed E-state index contributed by atoms with van der Waals surface area (Å²) in [5.41, 5.74) is 2.21. The molecule has 2 aromatic carbocycles. The lowest BCUT2D eigenvalue weighted by Gasteiger charge is -2.18. The number of rotatable bonds is 8. The number of halogens is 1. The Hall–Kier alpha value is -2.09. The number of sulfonamides is 1. The van der Waals surface area contributed by atoms with Crippen LogP contribution >= 0.6 is 11.6 Å². The summed E-state index contributed by atoms with van der Waals surface area (Å²) in [7, 11) is -3.49. The molecule has 2 aromatic rings. The fourth-order valence-electron chi connectivity index (χ4n) is 2.56. The molecule has 0 radical (unpaired) electrons. The molecule has 0 aliphatic carbocycles. The third-order valence-electron chi connectivity index (χ3n) is 4.05. The second-order valence-corrected chi connectivity index (χ2v) is 8.34. The Kier molecular flexibility index (Phi) is 7.24. The third-order valence-corrected chi connectivity index (χ3v) is 6.43. The van der Waals surface area contributed by atoms with Crippen molar-refractivity contribution in [3.8, 4) is 0 Å². The Labute approximate surface area is 165 Å². The molecule has 0 fully saturated rings. The number of hydrogen-bond donors (Lipinski definition) is 2. The minimum atomic E-state index is -3.49. The van der Waals surface area contributed by atoms with Crippen LogP contribution in [-0.4, -0.2) is 38.3 Å². The average molecular weight is 410 g/mol. The molecule has 27 heavy (non-hydrogen) atoms. The molecule has 1 amide bonds. The van der Waals surface area contributed by atoms with Gasteiger partial charge in [-0.2, -0.15) is 4.31 Å². The maximum absolute atomic E-state index is 12.5. The first kappa shape index (κ1) is 21.2. The normalized spacial score (nSPS) is 11.4. The van der Waals surface area contributed by atoms with Gasteiger partial charge in [0, 0.05) is 18.8 Å². The molecule has 0 saturated heterocycles. The molecule has 2 N–H and O–H groups in total. The van der Waals surface area contributed by atoms with Crippen LogP contribution in [0.5, 0.6) is 0 Å². The monoisotopic (exact) mass is 409 g/mol. The maximum Gasteiger partial charge on any atom is 0.243 e. The fraction of sp³-hybridized carbons (Fsp3) is 0.316. The van der Waals surface area contributed by atoms with Gasteiger partial charge in [0.15, 0.2) is 0 Å². The molecular formula is C19H24ClN3O3S. The number of nitrogens with zero attached hydrogens (tertiary/aromatic N) is 1. The number of anilines is 2. The van der Waals surface area contributed by atoms with Crippen molar-refractivity contribution in [3.05, 3.63) is 53.1 Å². The highest BCUT2D eigenvalue weighted by Gasteiger charge is 2.21. The molecule has 0 saturated carbocycles. The molecule has 0 atom stereocenters. The van der Waals surface area contributed by atoms with E-state index < -0.39 is 10.0 Å². The van der Waals surface area contributed by atoms with E-state index in [9.17, 15) is 13.2 Å². The quantitative estimate of drug-likeness (QED) is 0.696. The van der Waals surface area contributed by atoms with E-state index in [2.05, 4.69) is 10.6 Å². The van der Waals surface area contributed by atoms with Crippen LogP contribution < -0.4 is 10.6 Å². The van der Waals surface area contributed by atoms with E-state index in [1.807, 2.05) is 13.0 Å². The summed E-state index contributed by atoms with van der Waals surface area (Å²) in [6.07, 6.45) is 0. The zero-order valence-electron chi connectivity index (χ0n) is 15.6. The molecule has 146 valence electrons. The fourth-order valence-corrected chi connectivity index (χ4v) is 4.30. The van der Waals surface area contributed by atoms with Crippen molar-refractivity contribution in [2.45, 2.75) is 25.7 Å². The first-order valence-electron chi connectivity index (χ1n) is 8.68. The highest BCUT2D eigenvalue weighted by Crippen LogP contribution is 2.22. The number of hydrogen-bond acceptors (Lipinski definition) is 4. The number of benzene rings is 2. The second kappa shape index (κ2) is 9.21. The molecule has 0 bridgehead atoms. The summed E-state index contributed by atoms with van der Waals surface area (Å²) in [6, 6.07) is 11.7. The first-order valence-corrected chi connectivity index (χ1v) is 10.5. The summed E-state index contributed by atoms with van der Waals surface area (Å²) in [4.78, 5) is 12.3. The van der Waals surface area contributed by atoms with Gasteiger partial charge in [-0.1, -0.05) is 31.5 Å². The predicted molar refractivity (Wildman–Crippen MR) is 110 cm³/mol. The van der Waals surface area contributed by atoms with Gasteiger partial charge in [-0.25, -0.2) is 8.42 Å². The smallest absolute Gasteiger partial charge is 0.243 e. The van der Waals surface area contributed by atoms with Crippen LogP contribution in [0.4, 0.5) is 11.4 Å². The summed E-state index contributed by atoms with van der Waals surface area (Å²) in [5.74, 6) is -0.249. The van der Waals surface area contributed by atoms with Gasteiger partial charge in [0.05, 0.1) is 22.2 Å². The van der Waals surface area contributed by atoms with Crippen molar-refractivity contribution in [1.29, 1.82) is 0 Å². The molecule has 8 heteroatoms. The Morgan fingerprint density at radius 2 is 1.70 bits per heavy atom. The Bertz CT molecular complexity index is 895. The number of nitrogens with one attached hydrogen (secondary N) is 2. The van der Waals surface area contributed by atoms with E-state index in [4.69, 9.17) is 11.6 Å². The number of carbonyl (C=O) groups excluding carboxylic acids is 1. The second-order valence-electron chi connectivity index (χ2n) is 6.00. The van der Waals surface area contributed by atoms with E-state index >= 15 is 0 Å². The lowest BCUT2D eigenvalue weighted by atomic mass is 10.2. The highest BCUT2D eigenvalue weighted by atomic mass is 35.5. The van der Waals surface area contributed by atoms with Crippen molar-refractivity contribution in [2.75, 3.05) is 30.3 Å². The van der Waals surface area contributed by atoms with Crippen LogP contribution in [0.2, 0.25) is 5.02 Å². The number of carbonyl (C=O) groups is 1. The largest absolute Gasteiger partial charge is 0.376 e. The molecule has 0 aromatic heterocycles. The van der Waals surface area contributed by atoms with Crippen molar-refractivity contribution < 1.29 is 13.2 Å². The van der Waals surface area contributed by atoms with Crippen molar-refractivity contribution in [1.82, 2.24) is 4.31 Å². The first-order chi connectivity index (χ1) is 12.8. The van der Waals surface area contributed by atoms with Crippen LogP contribution in [0.1, 0.15) is 19.4 Å². The topological polar surface area (TPSA) is 78.5 Å². The van der Waals surface area contributed by atoms with Crippen LogP contribution in [0.15, 0.2) is 47.4 Å². The van der Waals surface area contributed by atoms with Crippen LogP contribution in [0.25, 0.3) is 0 Å². The standard InChI is InChI=1S/C19H24ClN3O3S/c1-4-23(5-2)27(25,26)16-9-7-15(8-10-16)21-13-19(24)22-18-11-6-14(3)12-17(18)20/h6-12,21H,4-5,13H2,1-3H3,(H,22,24). The molecular weight excluding hydrogens is 386 g/mol. The van der Waals surface area contributed by atoms with Gasteiger partial charge >= 0.3 is 0 Å². The van der Waals surface area contributed by atoms with E-state index in [0.717, 1.165) is 5.56 Å². The lowest BCUT2D eigenvalue weighted by Crippen LogP contribution is -2.30. The molecule has 6 nitrogen and oxygen atoms in total. The molecule has 0 spiro atoms. The predicted octanol–water partition coefficient (Wildman–Crippen LogP) is 3.73. The van der Waals surface area contributed by atoms with Gasteiger partial charge in [0.2, 0.25) is 15.9 Å². The Morgan fingerprint density at radius 1 is 1.07 bits per heavy atom. The molecule has 2 rings (SSSR count). The molecule has 0 unspecified atom stereocenters. The van der Waals surface area contributed by atoms with Gasteiger partial charge in [-0.3, -0.25) is 4.79 Å². The van der Waals surface area contributed by atoms with E-state index in [0.29, 0.717) is 29.5 Å². The molecule has 0 heterocycles. The van der Waals surface area contributed by atoms with Gasteiger partial charge in [0.25, 0.3) is 0 Å². The van der Waals surface area contributed by atoms with E-state index in [1.165, 1.54) is 16.4 Å². The van der Waals surface area contributed by atoms with Gasteiger partial charge in [-0.05, 0) is 48.9 Å². The van der Waals surface area contributed by atoms with E-state index in [1.54, 1.807) is 38.1 Å². The lowest BCUT2D eigenvalue weighted by molar-refractivity contribution is -0.114. The molecule has 0 aliphatic heterocycles. The highest BCUT2D eigenvalue weighted by molar-refractivity contribution is 7.89. The molecule has 0 aliphatic rings. The maximum atomic E-state index is 12.5. The van der Waals surface area contributed by atoms with Crippen molar-refractivity contribution in [3.63, 3.8) is 0 Å². The summed E-state index contributed by atoms with van der Waals surface area (Å²) in [5, 5.41) is 6.19. The Balaban J connectivity index is 1.97. The van der Waals surface area contributed by atoms with Crippen LogP contribution in [0.3, 0.4) is 0 Å². The summed E-state index contributed by atoms with van der Waals surface area (Å²) >= 11 is 6.10. The third kappa shape index (κ3) is 5.45. The number of aryl methyl sites for hydroxylation is 1. The minimum absolute atomic E-state index is 0.0341. The van der Waals surface area contributed by atoms with Gasteiger partial charge in [-0.15, -0.1) is 0 Å². The van der Waals surface area contributed by atoms with Gasteiger partial charge in [0.1, 0.15) is 0 Å². The minimum Gasteiger partial charge on any atom is -0.376 e. The Morgan fingerprint density at radius 3 is 2.26 bits per heavy atom. The SMILES string of the molecule is CCN(CC)S(=O)(=O)c1ccc(NCC(=O)Nc2ccc(C)cc2Cl)cc1. The average Bonchev–Trinajstić information content (AvgIpc) is 2.63. The van der Waals surface area contributed by atoms with Crippen LogP contribution in [0, 0.1) is 6.92 Å². The number of amides is 1. The van der Waals surface area contributed by atoms with E-state index in [-0.39, 0.29) is 17.3 Å².